The molecule has 1 aromatic carbocycles. The van der Waals surface area contributed by atoms with E-state index in [2.05, 4.69) is 0 Å². The lowest BCUT2D eigenvalue weighted by Gasteiger charge is -2.13. The molecule has 0 atom stereocenters. The first-order chi connectivity index (χ1) is 7.95. The van der Waals surface area contributed by atoms with Crippen LogP contribution >= 0.6 is 11.6 Å². The predicted molar refractivity (Wildman–Crippen MR) is 60.6 cm³/mol. The van der Waals surface area contributed by atoms with Crippen molar-refractivity contribution < 1.29 is 23.8 Å². The minimum absolute atomic E-state index is 0.0114. The van der Waals surface area contributed by atoms with Gasteiger partial charge in [-0.25, -0.2) is 0 Å². The zero-order valence-corrected chi connectivity index (χ0v) is 10.3. The van der Waals surface area contributed by atoms with Gasteiger partial charge >= 0.3 is 11.9 Å². The van der Waals surface area contributed by atoms with E-state index in [1.54, 1.807) is 0 Å². The number of benzene rings is 1. The Bertz CT molecular complexity index is 455. The number of hydrogen-bond donors (Lipinski definition) is 0. The number of halogens is 1. The molecule has 0 aliphatic rings. The fourth-order valence-corrected chi connectivity index (χ4v) is 1.41. The molecule has 0 radical (unpaired) electrons. The number of carbonyl (C=O) groups is 2. The molecule has 1 aromatic rings. The minimum Gasteiger partial charge on any atom is -0.491 e. The average molecular weight is 259 g/mol. The van der Waals surface area contributed by atoms with Gasteiger partial charge in [0.15, 0.2) is 11.5 Å². The molecule has 0 aliphatic heterocycles. The Morgan fingerprint density at radius 2 is 1.65 bits per heavy atom. The maximum Gasteiger partial charge on any atom is 0.308 e. The van der Waals surface area contributed by atoms with Gasteiger partial charge in [-0.05, 0) is 12.1 Å². The van der Waals surface area contributed by atoms with E-state index >= 15 is 0 Å². The summed E-state index contributed by atoms with van der Waals surface area (Å²) in [5.74, 6) is -0.904. The number of carbonyl (C=O) groups excluding carboxylic acids is 2. The van der Waals surface area contributed by atoms with Gasteiger partial charge in [0.1, 0.15) is 0 Å². The molecule has 0 fully saturated rings. The van der Waals surface area contributed by atoms with Crippen LogP contribution in [0.3, 0.4) is 0 Å². The molecule has 0 bridgehead atoms. The van der Waals surface area contributed by atoms with Crippen LogP contribution < -0.4 is 14.2 Å². The Balaban J connectivity index is 3.28. The van der Waals surface area contributed by atoms with Gasteiger partial charge in [0, 0.05) is 13.8 Å². The fraction of sp³-hybridized carbons (Fsp3) is 0.273. The van der Waals surface area contributed by atoms with E-state index in [4.69, 9.17) is 25.8 Å². The third-order valence-corrected chi connectivity index (χ3v) is 2.03. The van der Waals surface area contributed by atoms with Crippen LogP contribution in [0.15, 0.2) is 12.1 Å². The second kappa shape index (κ2) is 5.54. The normalized spacial score (nSPS) is 9.65. The first-order valence-electron chi connectivity index (χ1n) is 4.69. The van der Waals surface area contributed by atoms with Gasteiger partial charge in [0.2, 0.25) is 5.75 Å². The number of hydrogen-bond acceptors (Lipinski definition) is 5. The largest absolute Gasteiger partial charge is 0.491 e. The molecule has 0 saturated heterocycles. The van der Waals surface area contributed by atoms with E-state index < -0.39 is 11.9 Å². The van der Waals surface area contributed by atoms with E-state index in [1.807, 2.05) is 0 Å². The first kappa shape index (κ1) is 13.3. The highest BCUT2D eigenvalue weighted by molar-refractivity contribution is 6.32. The van der Waals surface area contributed by atoms with Crippen LogP contribution in [-0.2, 0) is 9.59 Å². The van der Waals surface area contributed by atoms with E-state index in [0.29, 0.717) is 0 Å². The molecule has 17 heavy (non-hydrogen) atoms. The van der Waals surface area contributed by atoms with E-state index in [9.17, 15) is 9.59 Å². The zero-order chi connectivity index (χ0) is 13.0. The van der Waals surface area contributed by atoms with Gasteiger partial charge in [-0.2, -0.15) is 0 Å². The van der Waals surface area contributed by atoms with Crippen LogP contribution in [-0.4, -0.2) is 19.0 Å². The predicted octanol–water partition coefficient (Wildman–Crippen LogP) is 2.20. The molecule has 0 amide bonds. The van der Waals surface area contributed by atoms with Gasteiger partial charge in [0.05, 0.1) is 12.1 Å². The number of methoxy groups -OCH3 is 1. The zero-order valence-electron chi connectivity index (χ0n) is 9.57. The van der Waals surface area contributed by atoms with Crippen LogP contribution in [0.25, 0.3) is 0 Å². The van der Waals surface area contributed by atoms with Crippen molar-refractivity contribution in [2.24, 2.45) is 0 Å². The molecule has 0 saturated carbocycles. The second-order valence-electron chi connectivity index (χ2n) is 3.10. The Hall–Kier alpha value is -1.75. The highest BCUT2D eigenvalue weighted by Gasteiger charge is 2.18. The van der Waals surface area contributed by atoms with Crippen molar-refractivity contribution in [1.29, 1.82) is 0 Å². The Labute approximate surface area is 103 Å². The summed E-state index contributed by atoms with van der Waals surface area (Å²) in [6.45, 7) is 2.45. The number of esters is 2. The third-order valence-electron chi connectivity index (χ3n) is 1.73. The molecular weight excluding hydrogens is 248 g/mol. The lowest BCUT2D eigenvalue weighted by Crippen LogP contribution is -2.08. The molecule has 5 nitrogen and oxygen atoms in total. The summed E-state index contributed by atoms with van der Waals surface area (Å²) < 4.78 is 14.8. The van der Waals surface area contributed by atoms with Crippen LogP contribution in [0.1, 0.15) is 13.8 Å². The van der Waals surface area contributed by atoms with E-state index in [0.717, 1.165) is 0 Å². The summed E-state index contributed by atoms with van der Waals surface area (Å²) in [4.78, 5) is 21.9. The molecule has 0 aromatic heterocycles. The highest BCUT2D eigenvalue weighted by Crippen LogP contribution is 2.42. The van der Waals surface area contributed by atoms with Crippen LogP contribution in [0.2, 0.25) is 5.02 Å². The van der Waals surface area contributed by atoms with Crippen LogP contribution in [0, 0.1) is 0 Å². The van der Waals surface area contributed by atoms with Crippen molar-refractivity contribution in [2.75, 3.05) is 7.11 Å². The van der Waals surface area contributed by atoms with Crippen LogP contribution in [0.5, 0.6) is 17.2 Å². The average Bonchev–Trinajstić information content (AvgIpc) is 2.21. The monoisotopic (exact) mass is 258 g/mol. The van der Waals surface area contributed by atoms with Crippen molar-refractivity contribution in [3.8, 4) is 17.2 Å². The second-order valence-corrected chi connectivity index (χ2v) is 3.50. The third kappa shape index (κ3) is 3.35. The van der Waals surface area contributed by atoms with Crippen molar-refractivity contribution in [1.82, 2.24) is 0 Å². The standard InChI is InChI=1S/C11H11ClO5/c1-6(13)16-9-5-4-8(12)10(15-3)11(9)17-7(2)14/h4-5H,1-3H3. The van der Waals surface area contributed by atoms with Gasteiger partial charge < -0.3 is 14.2 Å². The fourth-order valence-electron chi connectivity index (χ4n) is 1.19. The lowest BCUT2D eigenvalue weighted by molar-refractivity contribution is -0.134. The van der Waals surface area contributed by atoms with Crippen molar-refractivity contribution in [3.63, 3.8) is 0 Å². The molecule has 0 spiro atoms. The maximum absolute atomic E-state index is 11.0. The summed E-state index contributed by atoms with van der Waals surface area (Å²) in [6, 6.07) is 2.90. The van der Waals surface area contributed by atoms with Gasteiger partial charge in [-0.15, -0.1) is 0 Å². The molecule has 0 aliphatic carbocycles. The molecular formula is C11H11ClO5. The van der Waals surface area contributed by atoms with Gasteiger partial charge in [-0.1, -0.05) is 11.6 Å². The molecule has 6 heteroatoms. The summed E-state index contributed by atoms with van der Waals surface area (Å²) in [6.07, 6.45) is 0. The van der Waals surface area contributed by atoms with E-state index in [1.165, 1.54) is 33.1 Å². The van der Waals surface area contributed by atoms with Crippen molar-refractivity contribution in [3.05, 3.63) is 17.2 Å². The van der Waals surface area contributed by atoms with Gasteiger partial charge in [-0.3, -0.25) is 9.59 Å². The highest BCUT2D eigenvalue weighted by atomic mass is 35.5. The lowest BCUT2D eigenvalue weighted by atomic mass is 10.3. The molecule has 1 rings (SSSR count). The Kier molecular flexibility index (Phi) is 4.34. The van der Waals surface area contributed by atoms with Crippen molar-refractivity contribution >= 4 is 23.5 Å². The topological polar surface area (TPSA) is 61.8 Å². The van der Waals surface area contributed by atoms with Crippen molar-refractivity contribution in [2.45, 2.75) is 13.8 Å². The summed E-state index contributed by atoms with van der Waals surface area (Å²) in [7, 11) is 1.37. The number of rotatable bonds is 3. The minimum atomic E-state index is -0.570. The number of ether oxygens (including phenoxy) is 3. The summed E-state index contributed by atoms with van der Waals surface area (Å²) in [5.41, 5.74) is 0. The molecule has 92 valence electrons. The smallest absolute Gasteiger partial charge is 0.308 e. The summed E-state index contributed by atoms with van der Waals surface area (Å²) in [5, 5.41) is 0.250. The summed E-state index contributed by atoms with van der Waals surface area (Å²) >= 11 is 5.86. The molecule has 0 unspecified atom stereocenters. The van der Waals surface area contributed by atoms with Crippen LogP contribution in [0.4, 0.5) is 0 Å². The maximum atomic E-state index is 11.0. The SMILES string of the molecule is COc1c(Cl)ccc(OC(C)=O)c1OC(C)=O. The van der Waals surface area contributed by atoms with Gasteiger partial charge in [0.25, 0.3) is 0 Å². The molecule has 0 heterocycles. The molecule has 0 N–H and O–H groups in total. The Morgan fingerprint density at radius 1 is 1.06 bits per heavy atom. The Morgan fingerprint density at radius 3 is 2.12 bits per heavy atom. The quantitative estimate of drug-likeness (QED) is 0.614. The van der Waals surface area contributed by atoms with E-state index in [-0.39, 0.29) is 22.3 Å². The first-order valence-corrected chi connectivity index (χ1v) is 5.06.